The van der Waals surface area contributed by atoms with Gasteiger partial charge in [0.15, 0.2) is 0 Å². The Kier molecular flexibility index (Phi) is 4.02. The van der Waals surface area contributed by atoms with Crippen LogP contribution in [0.25, 0.3) is 0 Å². The second-order valence-corrected chi connectivity index (χ2v) is 8.50. The average Bonchev–Trinajstić information content (AvgIpc) is 3.16. The van der Waals surface area contributed by atoms with E-state index in [1.54, 1.807) is 10.4 Å². The summed E-state index contributed by atoms with van der Waals surface area (Å²) < 4.78 is 22.8. The molecule has 3 rings (SSSR count). The molecule has 1 aliphatic carbocycles. The molecule has 2 aliphatic rings. The molecule has 2 fully saturated rings. The summed E-state index contributed by atoms with van der Waals surface area (Å²) in [6, 6.07) is 0. The number of carbonyl (C=O) groups excluding carboxylic acids is 1. The van der Waals surface area contributed by atoms with Crippen LogP contribution in [0.5, 0.6) is 0 Å². The monoisotopic (exact) mass is 329 g/mol. The third-order valence-electron chi connectivity index (χ3n) is 4.43. The zero-order valence-electron chi connectivity index (χ0n) is 11.7. The standard InChI is InChI=1S/C13H19N3O3S2/c14-21(18,19)10-5-6-16(7-10)13(17)12-11(15-8-20-12)9-3-1-2-4-9/h8-10H,1-7H2,(H2,14,18,19). The minimum Gasteiger partial charge on any atom is -0.336 e. The Morgan fingerprint density at radius 3 is 2.67 bits per heavy atom. The second-order valence-electron chi connectivity index (χ2n) is 5.80. The highest BCUT2D eigenvalue weighted by atomic mass is 32.2. The van der Waals surface area contributed by atoms with E-state index < -0.39 is 15.3 Å². The predicted molar refractivity (Wildman–Crippen MR) is 80.7 cm³/mol. The van der Waals surface area contributed by atoms with Gasteiger partial charge in [-0.2, -0.15) is 0 Å². The largest absolute Gasteiger partial charge is 0.336 e. The van der Waals surface area contributed by atoms with Crippen LogP contribution in [0, 0.1) is 0 Å². The fourth-order valence-electron chi connectivity index (χ4n) is 3.23. The molecule has 1 unspecified atom stereocenters. The van der Waals surface area contributed by atoms with Gasteiger partial charge in [-0.25, -0.2) is 18.5 Å². The maximum Gasteiger partial charge on any atom is 0.265 e. The number of nitrogens with two attached hydrogens (primary N) is 1. The van der Waals surface area contributed by atoms with Crippen molar-refractivity contribution in [1.29, 1.82) is 0 Å². The summed E-state index contributed by atoms with van der Waals surface area (Å²) in [6.45, 7) is 0.640. The summed E-state index contributed by atoms with van der Waals surface area (Å²) in [7, 11) is -3.57. The zero-order chi connectivity index (χ0) is 15.0. The van der Waals surface area contributed by atoms with Crippen LogP contribution in [-0.4, -0.2) is 42.5 Å². The number of amides is 1. The van der Waals surface area contributed by atoms with Crippen molar-refractivity contribution in [1.82, 2.24) is 9.88 Å². The van der Waals surface area contributed by atoms with E-state index in [4.69, 9.17) is 5.14 Å². The van der Waals surface area contributed by atoms with Crippen LogP contribution in [0.1, 0.15) is 53.4 Å². The zero-order valence-corrected chi connectivity index (χ0v) is 13.3. The molecule has 1 aromatic rings. The van der Waals surface area contributed by atoms with Crippen molar-refractivity contribution in [3.8, 4) is 0 Å². The van der Waals surface area contributed by atoms with E-state index in [2.05, 4.69) is 4.98 Å². The highest BCUT2D eigenvalue weighted by Gasteiger charge is 2.35. The first-order valence-electron chi connectivity index (χ1n) is 7.21. The molecule has 1 saturated carbocycles. The lowest BCUT2D eigenvalue weighted by Crippen LogP contribution is -2.34. The van der Waals surface area contributed by atoms with Crippen LogP contribution in [0.4, 0.5) is 0 Å². The summed E-state index contributed by atoms with van der Waals surface area (Å²) in [5.41, 5.74) is 2.62. The van der Waals surface area contributed by atoms with Crippen molar-refractivity contribution in [2.75, 3.05) is 13.1 Å². The number of primary sulfonamides is 1. The van der Waals surface area contributed by atoms with E-state index in [1.807, 2.05) is 0 Å². The average molecular weight is 329 g/mol. The SMILES string of the molecule is NS(=O)(=O)C1CCN(C(=O)c2scnc2C2CCCC2)C1. The van der Waals surface area contributed by atoms with Crippen LogP contribution in [0.2, 0.25) is 0 Å². The maximum atomic E-state index is 12.6. The number of sulfonamides is 1. The Morgan fingerprint density at radius 2 is 2.05 bits per heavy atom. The van der Waals surface area contributed by atoms with Crippen molar-refractivity contribution in [3.05, 3.63) is 16.1 Å². The number of aromatic nitrogens is 1. The molecule has 0 radical (unpaired) electrons. The molecule has 6 nitrogen and oxygen atoms in total. The molecule has 21 heavy (non-hydrogen) atoms. The van der Waals surface area contributed by atoms with Crippen LogP contribution >= 0.6 is 11.3 Å². The van der Waals surface area contributed by atoms with Crippen molar-refractivity contribution >= 4 is 27.3 Å². The molecule has 1 amide bonds. The number of thiazole rings is 1. The normalized spacial score (nSPS) is 23.9. The molecule has 1 saturated heterocycles. The van der Waals surface area contributed by atoms with Gasteiger partial charge in [-0.3, -0.25) is 4.79 Å². The van der Waals surface area contributed by atoms with Crippen molar-refractivity contribution in [2.45, 2.75) is 43.3 Å². The molecule has 8 heteroatoms. The quantitative estimate of drug-likeness (QED) is 0.904. The summed E-state index contributed by atoms with van der Waals surface area (Å²) in [5.74, 6) is 0.289. The number of hydrogen-bond acceptors (Lipinski definition) is 5. The Bertz CT molecular complexity index is 635. The van der Waals surface area contributed by atoms with Crippen LogP contribution in [0.3, 0.4) is 0 Å². The number of nitrogens with zero attached hydrogens (tertiary/aromatic N) is 2. The van der Waals surface area contributed by atoms with E-state index in [1.165, 1.54) is 24.2 Å². The molecule has 1 aliphatic heterocycles. The number of likely N-dealkylation sites (tertiary alicyclic amines) is 1. The van der Waals surface area contributed by atoms with Gasteiger partial charge in [-0.15, -0.1) is 11.3 Å². The molecule has 0 aromatic carbocycles. The Labute approximate surface area is 128 Å². The first-order chi connectivity index (χ1) is 9.97. The number of rotatable bonds is 3. The van der Waals surface area contributed by atoms with Gasteiger partial charge in [-0.05, 0) is 19.3 Å². The van der Waals surface area contributed by atoms with E-state index >= 15 is 0 Å². The first kappa shape index (κ1) is 14.9. The third kappa shape index (κ3) is 2.97. The fourth-order valence-corrected chi connectivity index (χ4v) is 4.89. The van der Waals surface area contributed by atoms with Gasteiger partial charge in [0.2, 0.25) is 10.0 Å². The summed E-state index contributed by atoms with van der Waals surface area (Å²) in [5, 5.41) is 4.54. The second kappa shape index (κ2) is 5.66. The third-order valence-corrected chi connectivity index (χ3v) is 6.57. The predicted octanol–water partition coefficient (Wildman–Crippen LogP) is 1.30. The molecule has 116 valence electrons. The van der Waals surface area contributed by atoms with Gasteiger partial charge in [0.1, 0.15) is 4.88 Å². The highest BCUT2D eigenvalue weighted by molar-refractivity contribution is 7.89. The topological polar surface area (TPSA) is 93.4 Å². The molecule has 0 bridgehead atoms. The molecule has 2 heterocycles. The van der Waals surface area contributed by atoms with Crippen LogP contribution in [-0.2, 0) is 10.0 Å². The lowest BCUT2D eigenvalue weighted by Gasteiger charge is -2.17. The van der Waals surface area contributed by atoms with E-state index in [9.17, 15) is 13.2 Å². The van der Waals surface area contributed by atoms with Gasteiger partial charge in [-0.1, -0.05) is 12.8 Å². The molecule has 1 aromatic heterocycles. The molecular formula is C13H19N3O3S2. The van der Waals surface area contributed by atoms with Crippen LogP contribution in [0.15, 0.2) is 5.51 Å². The van der Waals surface area contributed by atoms with E-state index in [0.29, 0.717) is 23.8 Å². The molecule has 2 N–H and O–H groups in total. The van der Waals surface area contributed by atoms with Gasteiger partial charge in [0.25, 0.3) is 5.91 Å². The summed E-state index contributed by atoms with van der Waals surface area (Å²) in [4.78, 5) is 19.3. The van der Waals surface area contributed by atoms with Gasteiger partial charge < -0.3 is 4.90 Å². The molecule has 1 atom stereocenters. The highest BCUT2D eigenvalue weighted by Crippen LogP contribution is 2.36. The van der Waals surface area contributed by atoms with E-state index in [0.717, 1.165) is 18.5 Å². The lowest BCUT2D eigenvalue weighted by molar-refractivity contribution is 0.0796. The van der Waals surface area contributed by atoms with Gasteiger partial charge in [0, 0.05) is 19.0 Å². The molecular weight excluding hydrogens is 310 g/mol. The van der Waals surface area contributed by atoms with Crippen molar-refractivity contribution in [2.24, 2.45) is 5.14 Å². The van der Waals surface area contributed by atoms with Gasteiger partial charge in [0.05, 0.1) is 16.5 Å². The minimum atomic E-state index is -3.57. The molecule has 0 spiro atoms. The van der Waals surface area contributed by atoms with Crippen molar-refractivity contribution < 1.29 is 13.2 Å². The van der Waals surface area contributed by atoms with E-state index in [-0.39, 0.29) is 12.5 Å². The summed E-state index contributed by atoms with van der Waals surface area (Å²) >= 11 is 1.36. The van der Waals surface area contributed by atoms with Crippen LogP contribution < -0.4 is 5.14 Å². The Morgan fingerprint density at radius 1 is 1.33 bits per heavy atom. The lowest BCUT2D eigenvalue weighted by atomic mass is 10.0. The Hall–Kier alpha value is -0.990. The van der Waals surface area contributed by atoms with Gasteiger partial charge >= 0.3 is 0 Å². The fraction of sp³-hybridized carbons (Fsp3) is 0.692. The smallest absolute Gasteiger partial charge is 0.265 e. The first-order valence-corrected chi connectivity index (χ1v) is 9.70. The summed E-state index contributed by atoms with van der Waals surface area (Å²) in [6.07, 6.45) is 4.97. The number of hydrogen-bond donors (Lipinski definition) is 1. The number of carbonyl (C=O) groups is 1. The minimum absolute atomic E-state index is 0.0921. The van der Waals surface area contributed by atoms with Crippen molar-refractivity contribution in [3.63, 3.8) is 0 Å². The Balaban J connectivity index is 1.76. The maximum absolute atomic E-state index is 12.6.